The molecule has 1 aromatic heterocycles. The van der Waals surface area contributed by atoms with Crippen LogP contribution in [0.3, 0.4) is 0 Å². The van der Waals surface area contributed by atoms with Gasteiger partial charge in [0.2, 0.25) is 5.91 Å². The van der Waals surface area contributed by atoms with Gasteiger partial charge >= 0.3 is 0 Å². The number of nitrogens with zero attached hydrogens (tertiary/aromatic N) is 2. The molecule has 1 saturated heterocycles. The molecule has 1 atom stereocenters. The second kappa shape index (κ2) is 7.24. The van der Waals surface area contributed by atoms with E-state index in [1.165, 1.54) is 12.6 Å². The maximum Gasteiger partial charge on any atom is 0.248 e. The summed E-state index contributed by atoms with van der Waals surface area (Å²) in [5, 5.41) is 11.9. The van der Waals surface area contributed by atoms with Crippen molar-refractivity contribution >= 4 is 11.6 Å². The van der Waals surface area contributed by atoms with E-state index in [1.807, 2.05) is 24.5 Å². The first-order valence-corrected chi connectivity index (χ1v) is 7.27. The number of nitrogens with one attached hydrogen (secondary N) is 1. The number of rotatable bonds is 5. The average Bonchev–Trinajstić information content (AvgIpc) is 2.48. The van der Waals surface area contributed by atoms with Crippen LogP contribution in [0.4, 0.5) is 5.69 Å². The van der Waals surface area contributed by atoms with E-state index in [9.17, 15) is 4.79 Å². The standard InChI is InChI=1S/C15H23N3O2/c1-12(19)15(20)17-9-2-13-5-10-18(11-6-13)14-3-7-16-8-4-14/h3-4,7-8,12-13,19H,2,5-6,9-11H2,1H3,(H,17,20). The second-order valence-corrected chi connectivity index (χ2v) is 5.39. The second-order valence-electron chi connectivity index (χ2n) is 5.39. The summed E-state index contributed by atoms with van der Waals surface area (Å²) in [6.07, 6.45) is 6.02. The van der Waals surface area contributed by atoms with E-state index >= 15 is 0 Å². The van der Waals surface area contributed by atoms with Crippen LogP contribution in [0.15, 0.2) is 24.5 Å². The normalized spacial score (nSPS) is 17.8. The Bertz CT molecular complexity index is 414. The largest absolute Gasteiger partial charge is 0.384 e. The highest BCUT2D eigenvalue weighted by atomic mass is 16.3. The van der Waals surface area contributed by atoms with E-state index in [-0.39, 0.29) is 5.91 Å². The Kier molecular flexibility index (Phi) is 5.35. The predicted octanol–water partition coefficient (Wildman–Crippen LogP) is 1.19. The highest BCUT2D eigenvalue weighted by molar-refractivity contribution is 5.79. The van der Waals surface area contributed by atoms with Gasteiger partial charge in [-0.25, -0.2) is 0 Å². The number of anilines is 1. The van der Waals surface area contributed by atoms with E-state index in [0.29, 0.717) is 12.5 Å². The number of aliphatic hydroxyl groups is 1. The number of amides is 1. The van der Waals surface area contributed by atoms with Crippen molar-refractivity contribution in [3.05, 3.63) is 24.5 Å². The predicted molar refractivity (Wildman–Crippen MR) is 78.5 cm³/mol. The maximum atomic E-state index is 11.2. The van der Waals surface area contributed by atoms with Gasteiger partial charge in [0.25, 0.3) is 0 Å². The zero-order chi connectivity index (χ0) is 14.4. The quantitative estimate of drug-likeness (QED) is 0.848. The SMILES string of the molecule is CC(O)C(=O)NCCC1CCN(c2ccncc2)CC1. The summed E-state index contributed by atoms with van der Waals surface area (Å²) in [4.78, 5) is 17.7. The molecule has 0 aromatic carbocycles. The van der Waals surface area contributed by atoms with Crippen LogP contribution in [-0.4, -0.2) is 41.7 Å². The van der Waals surface area contributed by atoms with Crippen LogP contribution in [-0.2, 0) is 4.79 Å². The molecule has 2 N–H and O–H groups in total. The lowest BCUT2D eigenvalue weighted by atomic mass is 9.93. The molecule has 1 aliphatic rings. The Morgan fingerprint density at radius 2 is 2.10 bits per heavy atom. The fourth-order valence-electron chi connectivity index (χ4n) is 2.58. The van der Waals surface area contributed by atoms with E-state index in [1.54, 1.807) is 0 Å². The summed E-state index contributed by atoms with van der Waals surface area (Å²) in [7, 11) is 0. The first-order chi connectivity index (χ1) is 9.66. The molecule has 0 spiro atoms. The maximum absolute atomic E-state index is 11.2. The van der Waals surface area contributed by atoms with Gasteiger partial charge in [-0.2, -0.15) is 0 Å². The minimum Gasteiger partial charge on any atom is -0.384 e. The van der Waals surface area contributed by atoms with Crippen molar-refractivity contribution < 1.29 is 9.90 Å². The van der Waals surface area contributed by atoms with Crippen LogP contribution in [0.25, 0.3) is 0 Å². The molecule has 1 fully saturated rings. The third kappa shape index (κ3) is 4.20. The number of hydrogen-bond acceptors (Lipinski definition) is 4. The van der Waals surface area contributed by atoms with Crippen molar-refractivity contribution in [3.63, 3.8) is 0 Å². The van der Waals surface area contributed by atoms with Gasteiger partial charge in [-0.3, -0.25) is 9.78 Å². The number of aromatic nitrogens is 1. The van der Waals surface area contributed by atoms with E-state index < -0.39 is 6.10 Å². The Morgan fingerprint density at radius 1 is 1.45 bits per heavy atom. The Hall–Kier alpha value is -1.62. The van der Waals surface area contributed by atoms with E-state index in [4.69, 9.17) is 5.11 Å². The number of pyridine rings is 1. The molecule has 1 amide bonds. The lowest BCUT2D eigenvalue weighted by molar-refractivity contribution is -0.128. The summed E-state index contributed by atoms with van der Waals surface area (Å²) in [6, 6.07) is 4.09. The molecule has 2 rings (SSSR count). The fourth-order valence-corrected chi connectivity index (χ4v) is 2.58. The van der Waals surface area contributed by atoms with E-state index in [2.05, 4.69) is 15.2 Å². The molecule has 0 saturated carbocycles. The van der Waals surface area contributed by atoms with Crippen LogP contribution in [0.5, 0.6) is 0 Å². The van der Waals surface area contributed by atoms with Crippen molar-refractivity contribution in [2.45, 2.75) is 32.3 Å². The average molecular weight is 277 g/mol. The van der Waals surface area contributed by atoms with Gasteiger partial charge in [-0.15, -0.1) is 0 Å². The minimum absolute atomic E-state index is 0.278. The van der Waals surface area contributed by atoms with Gasteiger partial charge in [0, 0.05) is 37.7 Å². The zero-order valence-corrected chi connectivity index (χ0v) is 12.0. The summed E-state index contributed by atoms with van der Waals surface area (Å²) in [5.74, 6) is 0.376. The van der Waals surface area contributed by atoms with Crippen LogP contribution in [0.2, 0.25) is 0 Å². The molecular weight excluding hydrogens is 254 g/mol. The van der Waals surface area contributed by atoms with Crippen LogP contribution < -0.4 is 10.2 Å². The van der Waals surface area contributed by atoms with Gasteiger partial charge in [0.15, 0.2) is 0 Å². The number of piperidine rings is 1. The van der Waals surface area contributed by atoms with Gasteiger partial charge in [-0.05, 0) is 44.2 Å². The fraction of sp³-hybridized carbons (Fsp3) is 0.600. The number of hydrogen-bond donors (Lipinski definition) is 2. The summed E-state index contributed by atoms with van der Waals surface area (Å²) >= 11 is 0. The van der Waals surface area contributed by atoms with Gasteiger partial charge < -0.3 is 15.3 Å². The Labute approximate surface area is 120 Å². The smallest absolute Gasteiger partial charge is 0.248 e. The molecule has 1 aliphatic heterocycles. The highest BCUT2D eigenvalue weighted by Crippen LogP contribution is 2.24. The molecular formula is C15H23N3O2. The first kappa shape index (κ1) is 14.8. The van der Waals surface area contributed by atoms with Crippen molar-refractivity contribution in [1.29, 1.82) is 0 Å². The van der Waals surface area contributed by atoms with E-state index in [0.717, 1.165) is 32.4 Å². The number of carbonyl (C=O) groups is 1. The highest BCUT2D eigenvalue weighted by Gasteiger charge is 2.19. The Balaban J connectivity index is 1.68. The monoisotopic (exact) mass is 277 g/mol. The topological polar surface area (TPSA) is 65.5 Å². The van der Waals surface area contributed by atoms with Crippen molar-refractivity contribution in [3.8, 4) is 0 Å². The third-order valence-electron chi connectivity index (χ3n) is 3.87. The molecule has 2 heterocycles. The molecule has 20 heavy (non-hydrogen) atoms. The summed E-state index contributed by atoms with van der Waals surface area (Å²) in [5.41, 5.74) is 1.24. The molecule has 110 valence electrons. The van der Waals surface area contributed by atoms with Crippen LogP contribution in [0, 0.1) is 5.92 Å². The molecule has 1 unspecified atom stereocenters. The van der Waals surface area contributed by atoms with Gasteiger partial charge in [0.05, 0.1) is 0 Å². The minimum atomic E-state index is -0.913. The molecule has 5 heteroatoms. The summed E-state index contributed by atoms with van der Waals surface area (Å²) in [6.45, 7) is 4.25. The van der Waals surface area contributed by atoms with Crippen molar-refractivity contribution in [2.24, 2.45) is 5.92 Å². The van der Waals surface area contributed by atoms with Gasteiger partial charge in [-0.1, -0.05) is 0 Å². The first-order valence-electron chi connectivity index (χ1n) is 7.27. The number of aliphatic hydroxyl groups excluding tert-OH is 1. The molecule has 0 aliphatic carbocycles. The third-order valence-corrected chi connectivity index (χ3v) is 3.87. The number of carbonyl (C=O) groups excluding carboxylic acids is 1. The molecule has 0 bridgehead atoms. The lowest BCUT2D eigenvalue weighted by Crippen LogP contribution is -2.37. The zero-order valence-electron chi connectivity index (χ0n) is 12.0. The Morgan fingerprint density at radius 3 is 2.70 bits per heavy atom. The summed E-state index contributed by atoms with van der Waals surface area (Å²) < 4.78 is 0. The molecule has 5 nitrogen and oxygen atoms in total. The van der Waals surface area contributed by atoms with Crippen LogP contribution >= 0.6 is 0 Å². The van der Waals surface area contributed by atoms with Gasteiger partial charge in [0.1, 0.15) is 6.10 Å². The molecule has 0 radical (unpaired) electrons. The van der Waals surface area contributed by atoms with Crippen LogP contribution in [0.1, 0.15) is 26.2 Å². The van der Waals surface area contributed by atoms with Crippen molar-refractivity contribution in [1.82, 2.24) is 10.3 Å². The molecule has 1 aromatic rings. The lowest BCUT2D eigenvalue weighted by Gasteiger charge is -2.33. The van der Waals surface area contributed by atoms with Crippen molar-refractivity contribution in [2.75, 3.05) is 24.5 Å².